The summed E-state index contributed by atoms with van der Waals surface area (Å²) < 4.78 is 19.2. The lowest BCUT2D eigenvalue weighted by Crippen LogP contribution is -2.39. The highest BCUT2D eigenvalue weighted by Crippen LogP contribution is 2.39. The predicted octanol–water partition coefficient (Wildman–Crippen LogP) is 2.81. The molecule has 1 N–H and O–H groups in total. The number of phenolic OH excluding ortho intramolecular Hbond substituents is 1. The molecule has 1 unspecified atom stereocenters. The molecule has 1 aromatic carbocycles. The zero-order valence-corrected chi connectivity index (χ0v) is 13.1. The van der Waals surface area contributed by atoms with Crippen LogP contribution in [0.3, 0.4) is 0 Å². The van der Waals surface area contributed by atoms with Gasteiger partial charge in [0, 0.05) is 24.9 Å². The maximum atomic E-state index is 13.9. The van der Waals surface area contributed by atoms with Crippen LogP contribution in [0.25, 0.3) is 0 Å². The van der Waals surface area contributed by atoms with Crippen LogP contribution in [-0.2, 0) is 0 Å². The molecular weight excluding hydrogens is 313 g/mol. The molecule has 1 aromatic heterocycles. The van der Waals surface area contributed by atoms with Crippen LogP contribution in [0.2, 0.25) is 0 Å². The number of aromatic hydroxyl groups is 1. The number of benzene rings is 1. The van der Waals surface area contributed by atoms with Gasteiger partial charge in [0.25, 0.3) is 5.91 Å². The van der Waals surface area contributed by atoms with Gasteiger partial charge in [0.2, 0.25) is 5.89 Å². The lowest BCUT2D eigenvalue weighted by Gasteiger charge is -2.31. The summed E-state index contributed by atoms with van der Waals surface area (Å²) in [7, 11) is 0. The minimum Gasteiger partial charge on any atom is -0.507 e. The summed E-state index contributed by atoms with van der Waals surface area (Å²) >= 11 is 0. The van der Waals surface area contributed by atoms with E-state index in [0.717, 1.165) is 25.7 Å². The van der Waals surface area contributed by atoms with Crippen LogP contribution in [0.15, 0.2) is 22.7 Å². The van der Waals surface area contributed by atoms with Crippen LogP contribution in [0.5, 0.6) is 5.75 Å². The Bertz CT molecular complexity index is 752. The van der Waals surface area contributed by atoms with E-state index in [1.54, 1.807) is 4.90 Å². The zero-order chi connectivity index (χ0) is 16.7. The summed E-state index contributed by atoms with van der Waals surface area (Å²) in [5, 5.41) is 13.9. The van der Waals surface area contributed by atoms with Gasteiger partial charge in [0.1, 0.15) is 17.1 Å². The monoisotopic (exact) mass is 331 g/mol. The van der Waals surface area contributed by atoms with Crippen LogP contribution in [-0.4, -0.2) is 39.1 Å². The third-order valence-corrected chi connectivity index (χ3v) is 4.66. The topological polar surface area (TPSA) is 79.5 Å². The third-order valence-electron chi connectivity index (χ3n) is 4.66. The van der Waals surface area contributed by atoms with Gasteiger partial charge in [-0.25, -0.2) is 4.39 Å². The molecule has 0 radical (unpaired) electrons. The second kappa shape index (κ2) is 5.89. The number of nitrogens with zero attached hydrogens (tertiary/aromatic N) is 3. The van der Waals surface area contributed by atoms with Gasteiger partial charge in [0.05, 0.1) is 0 Å². The highest BCUT2D eigenvalue weighted by molar-refractivity contribution is 5.97. The number of halogens is 1. The Labute approximate surface area is 138 Å². The van der Waals surface area contributed by atoms with E-state index >= 15 is 0 Å². The van der Waals surface area contributed by atoms with Gasteiger partial charge in [-0.2, -0.15) is 4.98 Å². The number of piperidine rings is 1. The Kier molecular flexibility index (Phi) is 3.70. The number of hydrogen-bond acceptors (Lipinski definition) is 5. The van der Waals surface area contributed by atoms with Gasteiger partial charge in [-0.1, -0.05) is 11.2 Å². The molecule has 1 aliphatic carbocycles. The molecule has 7 heteroatoms. The van der Waals surface area contributed by atoms with Gasteiger partial charge in [-0.05, 0) is 37.8 Å². The molecule has 1 saturated carbocycles. The average molecular weight is 331 g/mol. The van der Waals surface area contributed by atoms with Crippen LogP contribution >= 0.6 is 0 Å². The molecule has 0 spiro atoms. The van der Waals surface area contributed by atoms with Crippen molar-refractivity contribution in [3.63, 3.8) is 0 Å². The standard InChI is InChI=1S/C17H18FN3O3/c18-12-4-1-5-13(22)14(12)17(23)21-8-2-3-11(9-21)15-19-16(24-20-15)10-6-7-10/h1,4-5,10-11,22H,2-3,6-9H2. The summed E-state index contributed by atoms with van der Waals surface area (Å²) in [5.41, 5.74) is -0.273. The number of likely N-dealkylation sites (tertiary alicyclic amines) is 1. The van der Waals surface area contributed by atoms with Gasteiger partial charge < -0.3 is 14.5 Å². The smallest absolute Gasteiger partial charge is 0.260 e. The van der Waals surface area contributed by atoms with Crippen molar-refractivity contribution < 1.29 is 18.8 Å². The second-order valence-corrected chi connectivity index (χ2v) is 6.49. The molecule has 1 amide bonds. The largest absolute Gasteiger partial charge is 0.507 e. The van der Waals surface area contributed by atoms with E-state index in [0.29, 0.717) is 30.7 Å². The first-order valence-electron chi connectivity index (χ1n) is 8.23. The van der Waals surface area contributed by atoms with Crippen molar-refractivity contribution >= 4 is 5.91 Å². The molecular formula is C17H18FN3O3. The van der Waals surface area contributed by atoms with E-state index in [-0.39, 0.29) is 17.2 Å². The molecule has 2 aliphatic rings. The summed E-state index contributed by atoms with van der Waals surface area (Å²) in [6, 6.07) is 3.87. The van der Waals surface area contributed by atoms with Crippen molar-refractivity contribution in [2.75, 3.05) is 13.1 Å². The van der Waals surface area contributed by atoms with Crippen LogP contribution in [0.1, 0.15) is 59.6 Å². The highest BCUT2D eigenvalue weighted by Gasteiger charge is 2.33. The molecule has 126 valence electrons. The molecule has 6 nitrogen and oxygen atoms in total. The summed E-state index contributed by atoms with van der Waals surface area (Å²) in [4.78, 5) is 18.6. The van der Waals surface area contributed by atoms with Crippen molar-refractivity contribution in [1.82, 2.24) is 15.0 Å². The molecule has 1 aliphatic heterocycles. The quantitative estimate of drug-likeness (QED) is 0.935. The van der Waals surface area contributed by atoms with Crippen molar-refractivity contribution in [2.45, 2.75) is 37.5 Å². The van der Waals surface area contributed by atoms with E-state index in [2.05, 4.69) is 10.1 Å². The number of phenols is 1. The van der Waals surface area contributed by atoms with E-state index in [1.807, 2.05) is 0 Å². The number of hydrogen-bond donors (Lipinski definition) is 1. The van der Waals surface area contributed by atoms with E-state index in [9.17, 15) is 14.3 Å². The maximum absolute atomic E-state index is 13.9. The lowest BCUT2D eigenvalue weighted by molar-refractivity contribution is 0.0695. The Morgan fingerprint density at radius 2 is 2.12 bits per heavy atom. The molecule has 24 heavy (non-hydrogen) atoms. The third kappa shape index (κ3) is 2.74. The van der Waals surface area contributed by atoms with E-state index < -0.39 is 11.7 Å². The van der Waals surface area contributed by atoms with Crippen molar-refractivity contribution in [2.24, 2.45) is 0 Å². The predicted molar refractivity (Wildman–Crippen MR) is 82.2 cm³/mol. The Hall–Kier alpha value is -2.44. The van der Waals surface area contributed by atoms with Crippen molar-refractivity contribution in [1.29, 1.82) is 0 Å². The molecule has 1 saturated heterocycles. The summed E-state index contributed by atoms with van der Waals surface area (Å²) in [6.45, 7) is 0.923. The van der Waals surface area contributed by atoms with Crippen molar-refractivity contribution in [3.8, 4) is 5.75 Å². The number of carbonyl (C=O) groups excluding carboxylic acids is 1. The average Bonchev–Trinajstić information content (AvgIpc) is 3.32. The first-order valence-corrected chi connectivity index (χ1v) is 8.23. The maximum Gasteiger partial charge on any atom is 0.260 e. The first-order chi connectivity index (χ1) is 11.6. The summed E-state index contributed by atoms with van der Waals surface area (Å²) in [5.74, 6) is 0.125. The van der Waals surface area contributed by atoms with E-state index in [4.69, 9.17) is 4.52 Å². The summed E-state index contributed by atoms with van der Waals surface area (Å²) in [6.07, 6.45) is 3.81. The zero-order valence-electron chi connectivity index (χ0n) is 13.1. The molecule has 4 rings (SSSR count). The van der Waals surface area contributed by atoms with Gasteiger partial charge in [-0.15, -0.1) is 0 Å². The van der Waals surface area contributed by atoms with E-state index in [1.165, 1.54) is 18.2 Å². The SMILES string of the molecule is O=C(c1c(O)cccc1F)N1CCCC(c2noc(C3CC3)n2)C1. The fraction of sp³-hybridized carbons (Fsp3) is 0.471. The number of rotatable bonds is 3. The molecule has 2 heterocycles. The van der Waals surface area contributed by atoms with Crippen LogP contribution < -0.4 is 0 Å². The normalized spacial score (nSPS) is 21.0. The first kappa shape index (κ1) is 15.1. The Morgan fingerprint density at radius 3 is 2.88 bits per heavy atom. The number of amides is 1. The Morgan fingerprint density at radius 1 is 1.29 bits per heavy atom. The molecule has 2 aromatic rings. The molecule has 0 bridgehead atoms. The van der Waals surface area contributed by atoms with Crippen LogP contribution in [0.4, 0.5) is 4.39 Å². The van der Waals surface area contributed by atoms with Gasteiger partial charge in [-0.3, -0.25) is 4.79 Å². The minimum atomic E-state index is -0.710. The van der Waals surface area contributed by atoms with Gasteiger partial charge in [0.15, 0.2) is 5.82 Å². The molecule has 1 atom stereocenters. The lowest BCUT2D eigenvalue weighted by atomic mass is 9.96. The van der Waals surface area contributed by atoms with Gasteiger partial charge >= 0.3 is 0 Å². The second-order valence-electron chi connectivity index (χ2n) is 6.49. The van der Waals surface area contributed by atoms with Crippen LogP contribution in [0, 0.1) is 5.82 Å². The number of aromatic nitrogens is 2. The fourth-order valence-corrected chi connectivity index (χ4v) is 3.16. The van der Waals surface area contributed by atoms with Crippen molar-refractivity contribution in [3.05, 3.63) is 41.3 Å². The Balaban J connectivity index is 1.52. The minimum absolute atomic E-state index is 0.0205. The molecule has 2 fully saturated rings. The highest BCUT2D eigenvalue weighted by atomic mass is 19.1. The number of carbonyl (C=O) groups is 1. The fourth-order valence-electron chi connectivity index (χ4n) is 3.16.